The molecular weight excluding hydrogens is 639 g/mol. The number of rotatable bonds is 15. The van der Waals surface area contributed by atoms with Crippen LogP contribution < -0.4 is 25.7 Å². The lowest BCUT2D eigenvalue weighted by molar-refractivity contribution is 0.209. The van der Waals surface area contributed by atoms with Crippen molar-refractivity contribution in [3.05, 3.63) is 90.3 Å². The molecule has 1 unspecified atom stereocenters. The molecule has 12 nitrogen and oxygen atoms in total. The van der Waals surface area contributed by atoms with Gasteiger partial charge in [-0.15, -0.1) is 0 Å². The van der Waals surface area contributed by atoms with Crippen LogP contribution in [0.2, 0.25) is 5.04 Å². The average Bonchev–Trinajstić information content (AvgIpc) is 3.49. The third-order valence-corrected chi connectivity index (χ3v) is 13.6. The van der Waals surface area contributed by atoms with E-state index in [0.717, 1.165) is 12.8 Å². The summed E-state index contributed by atoms with van der Waals surface area (Å²) in [4.78, 5) is 24.9. The van der Waals surface area contributed by atoms with Crippen LogP contribution in [0.5, 0.6) is 5.88 Å². The van der Waals surface area contributed by atoms with Gasteiger partial charge in [-0.3, -0.25) is 10.00 Å². The van der Waals surface area contributed by atoms with Gasteiger partial charge in [0.15, 0.2) is 5.82 Å². The molecule has 13 heteroatoms. The number of benzene rings is 2. The Morgan fingerprint density at radius 1 is 1.00 bits per heavy atom. The van der Waals surface area contributed by atoms with Crippen molar-refractivity contribution < 1.29 is 24.2 Å². The molecule has 258 valence electrons. The number of aromatic nitrogens is 5. The molecule has 4 N–H and O–H groups in total. The summed E-state index contributed by atoms with van der Waals surface area (Å²) in [7, 11) is -1.20. The van der Waals surface area contributed by atoms with Gasteiger partial charge in [-0.1, -0.05) is 94.8 Å². The van der Waals surface area contributed by atoms with E-state index in [2.05, 4.69) is 107 Å². The lowest BCUT2D eigenvalue weighted by atomic mass is 10.1. The van der Waals surface area contributed by atoms with E-state index >= 15 is 0 Å². The van der Waals surface area contributed by atoms with Crippen molar-refractivity contribution in [1.82, 2.24) is 24.7 Å². The summed E-state index contributed by atoms with van der Waals surface area (Å²) in [6, 6.07) is 22.9. The van der Waals surface area contributed by atoms with Crippen LogP contribution in [0.4, 0.5) is 16.6 Å². The number of nitrogens with one attached hydrogen (secondary N) is 2. The third-order valence-electron chi connectivity index (χ3n) is 8.56. The van der Waals surface area contributed by atoms with Crippen molar-refractivity contribution in [2.24, 2.45) is 0 Å². The number of ether oxygens (including phenoxy) is 1. The fourth-order valence-electron chi connectivity index (χ4n) is 6.41. The molecule has 0 saturated heterocycles. The normalized spacial score (nSPS) is 12.5. The molecule has 2 aromatic carbocycles. The van der Waals surface area contributed by atoms with E-state index in [1.807, 2.05) is 18.2 Å². The SMILES string of the molecule is CCCC(CCO[Si](c1ccccc1)(c1ccccc1)C(C)(C)C)Nc1nc(NC(=O)O)nc2cnn(Cc3cc(CO)cnc3OC)c12. The number of fused-ring (bicyclic) bond motifs is 1. The van der Waals surface area contributed by atoms with Gasteiger partial charge in [-0.2, -0.15) is 10.1 Å². The van der Waals surface area contributed by atoms with Gasteiger partial charge >= 0.3 is 6.09 Å². The van der Waals surface area contributed by atoms with Gasteiger partial charge < -0.3 is 24.7 Å². The molecule has 1 atom stereocenters. The van der Waals surface area contributed by atoms with E-state index in [1.54, 1.807) is 17.1 Å². The second kappa shape index (κ2) is 15.6. The number of anilines is 2. The zero-order chi connectivity index (χ0) is 35.0. The number of aliphatic hydroxyl groups is 1. The number of amides is 1. The van der Waals surface area contributed by atoms with E-state index < -0.39 is 14.4 Å². The van der Waals surface area contributed by atoms with Crippen LogP contribution in [0.3, 0.4) is 0 Å². The first-order chi connectivity index (χ1) is 23.6. The fraction of sp³-hybridized carbons (Fsp3) is 0.361. The Morgan fingerprint density at radius 2 is 1.67 bits per heavy atom. The van der Waals surface area contributed by atoms with E-state index in [1.165, 1.54) is 17.5 Å². The molecule has 0 saturated carbocycles. The number of hydrogen-bond acceptors (Lipinski definition) is 9. The summed E-state index contributed by atoms with van der Waals surface area (Å²) < 4.78 is 14.4. The van der Waals surface area contributed by atoms with Crippen molar-refractivity contribution in [2.75, 3.05) is 24.4 Å². The zero-order valence-corrected chi connectivity index (χ0v) is 29.7. The first kappa shape index (κ1) is 35.5. The van der Waals surface area contributed by atoms with Crippen LogP contribution >= 0.6 is 0 Å². The standard InChI is InChI=1S/C36H45N7O5Si/c1-6-13-27(18-19-48-49(36(2,3)4,28-14-9-7-10-15-28)29-16-11-8-12-17-29)39-32-31-30(40-34(41-32)42-35(45)46)22-38-43(31)23-26-20-25(24-44)21-37-33(26)47-5/h7-12,14-17,20-22,27,44H,6,13,18-19,23-24H2,1-5H3,(H,45,46)(H2,39,40,41,42). The van der Waals surface area contributed by atoms with Gasteiger partial charge in [0.05, 0.1) is 26.5 Å². The topological polar surface area (TPSA) is 157 Å². The second-order valence-corrected chi connectivity index (χ2v) is 17.3. The highest BCUT2D eigenvalue weighted by Gasteiger charge is 2.50. The summed E-state index contributed by atoms with van der Waals surface area (Å²) in [5, 5.41) is 31.9. The smallest absolute Gasteiger partial charge is 0.411 e. The Labute approximate surface area is 287 Å². The van der Waals surface area contributed by atoms with Crippen LogP contribution in [-0.4, -0.2) is 69.1 Å². The van der Waals surface area contributed by atoms with Gasteiger partial charge in [0, 0.05) is 24.4 Å². The predicted octanol–water partition coefficient (Wildman–Crippen LogP) is 5.41. The molecule has 0 aliphatic rings. The number of aliphatic hydroxyl groups excluding tert-OH is 1. The highest BCUT2D eigenvalue weighted by atomic mass is 28.4. The van der Waals surface area contributed by atoms with Crippen molar-refractivity contribution >= 4 is 47.6 Å². The highest BCUT2D eigenvalue weighted by Crippen LogP contribution is 2.37. The van der Waals surface area contributed by atoms with Crippen LogP contribution in [0.15, 0.2) is 79.1 Å². The maximum atomic E-state index is 11.6. The minimum absolute atomic E-state index is 0.0533. The van der Waals surface area contributed by atoms with Crippen molar-refractivity contribution in [1.29, 1.82) is 0 Å². The van der Waals surface area contributed by atoms with Gasteiger partial charge in [-0.05, 0) is 39.9 Å². The van der Waals surface area contributed by atoms with Crippen LogP contribution in [0, 0.1) is 0 Å². The molecule has 5 aromatic rings. The van der Waals surface area contributed by atoms with E-state index in [4.69, 9.17) is 9.16 Å². The molecule has 3 heterocycles. The molecule has 5 rings (SSSR count). The molecule has 49 heavy (non-hydrogen) atoms. The number of carbonyl (C=O) groups is 1. The van der Waals surface area contributed by atoms with Crippen LogP contribution in [-0.2, 0) is 17.6 Å². The van der Waals surface area contributed by atoms with Crippen molar-refractivity contribution in [3.63, 3.8) is 0 Å². The molecule has 0 spiro atoms. The van der Waals surface area contributed by atoms with Gasteiger partial charge in [0.1, 0.15) is 11.0 Å². The molecule has 0 fully saturated rings. The zero-order valence-electron chi connectivity index (χ0n) is 28.7. The number of methoxy groups -OCH3 is 1. The average molecular weight is 684 g/mol. The highest BCUT2D eigenvalue weighted by molar-refractivity contribution is 6.99. The van der Waals surface area contributed by atoms with Gasteiger partial charge in [0.2, 0.25) is 11.8 Å². The van der Waals surface area contributed by atoms with E-state index in [0.29, 0.717) is 46.9 Å². The van der Waals surface area contributed by atoms with E-state index in [-0.39, 0.29) is 30.2 Å². The van der Waals surface area contributed by atoms with Crippen molar-refractivity contribution in [2.45, 2.75) is 71.2 Å². The second-order valence-electron chi connectivity index (χ2n) is 13.0. The lowest BCUT2D eigenvalue weighted by Gasteiger charge is -2.43. The summed E-state index contributed by atoms with van der Waals surface area (Å²) in [6.45, 7) is 9.50. The largest absolute Gasteiger partial charge is 0.481 e. The monoisotopic (exact) mass is 683 g/mol. The first-order valence-corrected chi connectivity index (χ1v) is 18.4. The number of carboxylic acid groups (broad SMARTS) is 1. The fourth-order valence-corrected chi connectivity index (χ4v) is 11.0. The molecule has 3 aromatic heterocycles. The molecule has 0 bridgehead atoms. The summed E-state index contributed by atoms with van der Waals surface area (Å²) in [6.07, 6.45) is 4.27. The first-order valence-electron chi connectivity index (χ1n) is 16.5. The van der Waals surface area contributed by atoms with Gasteiger partial charge in [-0.25, -0.2) is 14.8 Å². The molecule has 0 aliphatic carbocycles. The molecule has 0 radical (unpaired) electrons. The van der Waals surface area contributed by atoms with Crippen LogP contribution in [0.1, 0.15) is 58.1 Å². The Balaban J connectivity index is 1.49. The maximum Gasteiger partial charge on any atom is 0.411 e. The maximum absolute atomic E-state index is 11.6. The van der Waals surface area contributed by atoms with Gasteiger partial charge in [0.25, 0.3) is 8.32 Å². The Hall–Kier alpha value is -4.85. The number of pyridine rings is 1. The quantitative estimate of drug-likeness (QED) is 0.105. The lowest BCUT2D eigenvalue weighted by Crippen LogP contribution is -2.66. The third kappa shape index (κ3) is 7.90. The summed E-state index contributed by atoms with van der Waals surface area (Å²) in [5.74, 6) is 0.799. The predicted molar refractivity (Wildman–Crippen MR) is 193 cm³/mol. The Bertz CT molecular complexity index is 1810. The Kier molecular flexibility index (Phi) is 11.3. The summed E-state index contributed by atoms with van der Waals surface area (Å²) >= 11 is 0. The molecular formula is C36H45N7O5Si. The minimum atomic E-state index is -2.74. The van der Waals surface area contributed by atoms with Crippen LogP contribution in [0.25, 0.3) is 11.0 Å². The van der Waals surface area contributed by atoms with Crippen molar-refractivity contribution in [3.8, 4) is 5.88 Å². The van der Waals surface area contributed by atoms with E-state index in [9.17, 15) is 15.0 Å². The minimum Gasteiger partial charge on any atom is -0.481 e. The molecule has 1 amide bonds. The molecule has 0 aliphatic heterocycles. The Morgan fingerprint density at radius 3 is 2.24 bits per heavy atom. The summed E-state index contributed by atoms with van der Waals surface area (Å²) in [5.41, 5.74) is 2.41. The number of nitrogens with zero attached hydrogens (tertiary/aromatic N) is 5. The number of hydrogen-bond donors (Lipinski definition) is 4.